The fraction of sp³-hybridized carbons (Fsp3) is 0.190. The number of anilines is 1. The summed E-state index contributed by atoms with van der Waals surface area (Å²) in [6.45, 7) is 6.24. The van der Waals surface area contributed by atoms with Crippen LogP contribution in [0.2, 0.25) is 5.02 Å². The molecule has 0 saturated heterocycles. The molecule has 0 bridgehead atoms. The second kappa shape index (κ2) is 10.8. The minimum atomic E-state index is -0.544. The molecule has 3 aromatic rings. The standard InChI is InChI=1S/C21H20ClN5O4S/c1-3-10-26-19(12-31-15-8-9-16(22)14(2)11-15)24-25-21(26)32-13-20(28)23-17-6-4-5-7-18(17)27(29)30/h3-9,11H,1,10,12-13H2,2H3,(H,23,28). The Balaban J connectivity index is 1.64. The topological polar surface area (TPSA) is 112 Å². The van der Waals surface area contributed by atoms with Crippen LogP contribution in [0.15, 0.2) is 60.3 Å². The number of aryl methyl sites for hydroxylation is 1. The van der Waals surface area contributed by atoms with Crippen molar-refractivity contribution in [2.24, 2.45) is 0 Å². The minimum Gasteiger partial charge on any atom is -0.486 e. The van der Waals surface area contributed by atoms with Crippen molar-refractivity contribution in [3.63, 3.8) is 0 Å². The quantitative estimate of drug-likeness (QED) is 0.197. The third kappa shape index (κ3) is 5.86. The number of hydrogen-bond donors (Lipinski definition) is 1. The van der Waals surface area contributed by atoms with Crippen molar-refractivity contribution >= 4 is 40.6 Å². The molecule has 0 aliphatic rings. The lowest BCUT2D eigenvalue weighted by Gasteiger charge is -2.10. The fourth-order valence-electron chi connectivity index (χ4n) is 2.75. The van der Waals surface area contributed by atoms with Crippen molar-refractivity contribution in [1.29, 1.82) is 0 Å². The van der Waals surface area contributed by atoms with Gasteiger partial charge < -0.3 is 10.1 Å². The van der Waals surface area contributed by atoms with Gasteiger partial charge >= 0.3 is 0 Å². The van der Waals surface area contributed by atoms with Gasteiger partial charge in [-0.3, -0.25) is 19.5 Å². The van der Waals surface area contributed by atoms with Gasteiger partial charge in [0.2, 0.25) is 5.91 Å². The van der Waals surface area contributed by atoms with E-state index in [4.69, 9.17) is 16.3 Å². The molecule has 0 fully saturated rings. The van der Waals surface area contributed by atoms with Crippen molar-refractivity contribution in [2.75, 3.05) is 11.1 Å². The minimum absolute atomic E-state index is 0.00143. The number of carbonyl (C=O) groups excluding carboxylic acids is 1. The van der Waals surface area contributed by atoms with Crippen LogP contribution in [0.3, 0.4) is 0 Å². The Hall–Kier alpha value is -3.37. The van der Waals surface area contributed by atoms with Gasteiger partial charge in [-0.25, -0.2) is 0 Å². The van der Waals surface area contributed by atoms with E-state index in [9.17, 15) is 14.9 Å². The Bertz CT molecular complexity index is 1150. The number of rotatable bonds is 10. The molecule has 9 nitrogen and oxygen atoms in total. The summed E-state index contributed by atoms with van der Waals surface area (Å²) in [4.78, 5) is 22.9. The summed E-state index contributed by atoms with van der Waals surface area (Å²) in [6, 6.07) is 11.3. The number of ether oxygens (including phenoxy) is 1. The van der Waals surface area contributed by atoms with Crippen LogP contribution < -0.4 is 10.1 Å². The first-order chi connectivity index (χ1) is 15.4. The SMILES string of the molecule is C=CCn1c(COc2ccc(Cl)c(C)c2)nnc1SCC(=O)Nc1ccccc1[N+](=O)[O-]. The zero-order chi connectivity index (χ0) is 23.1. The summed E-state index contributed by atoms with van der Waals surface area (Å²) in [5.41, 5.74) is 0.873. The number of amides is 1. The van der Waals surface area contributed by atoms with Crippen molar-refractivity contribution in [3.05, 3.63) is 81.6 Å². The van der Waals surface area contributed by atoms with E-state index in [1.54, 1.807) is 28.8 Å². The molecule has 0 radical (unpaired) electrons. The number of nitro benzene ring substituents is 1. The first-order valence-corrected chi connectivity index (χ1v) is 10.8. The van der Waals surface area contributed by atoms with Gasteiger partial charge in [-0.15, -0.1) is 16.8 Å². The molecule has 0 spiro atoms. The summed E-state index contributed by atoms with van der Waals surface area (Å²) in [7, 11) is 0. The number of benzene rings is 2. The van der Waals surface area contributed by atoms with Crippen LogP contribution in [0.25, 0.3) is 0 Å². The Labute approximate surface area is 193 Å². The lowest BCUT2D eigenvalue weighted by atomic mass is 10.2. The highest BCUT2D eigenvalue weighted by molar-refractivity contribution is 7.99. The van der Waals surface area contributed by atoms with Gasteiger partial charge in [0.1, 0.15) is 18.0 Å². The van der Waals surface area contributed by atoms with Crippen LogP contribution in [-0.4, -0.2) is 31.3 Å². The van der Waals surface area contributed by atoms with E-state index in [-0.39, 0.29) is 23.7 Å². The first kappa shape index (κ1) is 23.3. The second-order valence-electron chi connectivity index (χ2n) is 6.61. The molecule has 0 saturated carbocycles. The normalized spacial score (nSPS) is 10.6. The van der Waals surface area contributed by atoms with Crippen molar-refractivity contribution < 1.29 is 14.5 Å². The van der Waals surface area contributed by atoms with Gasteiger partial charge in [0.25, 0.3) is 5.69 Å². The second-order valence-corrected chi connectivity index (χ2v) is 7.96. The number of halogens is 1. The summed E-state index contributed by atoms with van der Waals surface area (Å²) >= 11 is 7.20. The van der Waals surface area contributed by atoms with Crippen molar-refractivity contribution in [3.8, 4) is 5.75 Å². The fourth-order valence-corrected chi connectivity index (χ4v) is 3.64. The molecule has 1 heterocycles. The van der Waals surface area contributed by atoms with E-state index >= 15 is 0 Å². The van der Waals surface area contributed by atoms with E-state index < -0.39 is 10.8 Å². The van der Waals surface area contributed by atoms with Gasteiger partial charge in [0.15, 0.2) is 11.0 Å². The number of nitrogens with zero attached hydrogens (tertiary/aromatic N) is 4. The number of carbonyl (C=O) groups is 1. The van der Waals surface area contributed by atoms with Crippen LogP contribution in [0.1, 0.15) is 11.4 Å². The maximum absolute atomic E-state index is 12.3. The Morgan fingerprint density at radius 3 is 2.84 bits per heavy atom. The van der Waals surface area contributed by atoms with Crippen molar-refractivity contribution in [2.45, 2.75) is 25.2 Å². The molecule has 32 heavy (non-hydrogen) atoms. The Kier molecular flexibility index (Phi) is 7.85. The molecule has 0 aliphatic heterocycles. The summed E-state index contributed by atoms with van der Waals surface area (Å²) in [6.07, 6.45) is 1.69. The van der Waals surface area contributed by atoms with E-state index in [1.807, 2.05) is 13.0 Å². The number of aromatic nitrogens is 3. The smallest absolute Gasteiger partial charge is 0.292 e. The third-order valence-electron chi connectivity index (χ3n) is 4.31. The number of nitrogens with one attached hydrogen (secondary N) is 1. The average molecular weight is 474 g/mol. The molecule has 0 unspecified atom stereocenters. The maximum atomic E-state index is 12.3. The predicted octanol–water partition coefficient (Wildman–Crippen LogP) is 4.64. The van der Waals surface area contributed by atoms with Crippen LogP contribution >= 0.6 is 23.4 Å². The molecular formula is C21H20ClN5O4S. The lowest BCUT2D eigenvalue weighted by Crippen LogP contribution is -2.16. The maximum Gasteiger partial charge on any atom is 0.292 e. The molecule has 0 aliphatic carbocycles. The average Bonchev–Trinajstić information content (AvgIpc) is 3.15. The van der Waals surface area contributed by atoms with E-state index in [1.165, 1.54) is 18.2 Å². The molecule has 1 amide bonds. The van der Waals surface area contributed by atoms with Crippen LogP contribution in [0, 0.1) is 17.0 Å². The largest absolute Gasteiger partial charge is 0.486 e. The monoisotopic (exact) mass is 473 g/mol. The molecule has 11 heteroatoms. The van der Waals surface area contributed by atoms with Gasteiger partial charge in [-0.1, -0.05) is 41.6 Å². The van der Waals surface area contributed by atoms with Gasteiger partial charge in [0, 0.05) is 17.6 Å². The number of thioether (sulfide) groups is 1. The third-order valence-corrected chi connectivity index (χ3v) is 5.70. The lowest BCUT2D eigenvalue weighted by molar-refractivity contribution is -0.383. The Morgan fingerprint density at radius 1 is 1.34 bits per heavy atom. The number of allylic oxidation sites excluding steroid dienone is 1. The predicted molar refractivity (Wildman–Crippen MR) is 123 cm³/mol. The van der Waals surface area contributed by atoms with Gasteiger partial charge in [-0.2, -0.15) is 0 Å². The Morgan fingerprint density at radius 2 is 2.12 bits per heavy atom. The van der Waals surface area contributed by atoms with Gasteiger partial charge in [-0.05, 0) is 36.8 Å². The van der Waals surface area contributed by atoms with E-state index in [0.29, 0.717) is 28.3 Å². The molecule has 1 N–H and O–H groups in total. The molecule has 1 aromatic heterocycles. The van der Waals surface area contributed by atoms with E-state index in [0.717, 1.165) is 17.3 Å². The van der Waals surface area contributed by atoms with Crippen molar-refractivity contribution in [1.82, 2.24) is 14.8 Å². The highest BCUT2D eigenvalue weighted by atomic mass is 35.5. The number of nitro groups is 1. The molecule has 3 rings (SSSR count). The van der Waals surface area contributed by atoms with Crippen LogP contribution in [-0.2, 0) is 17.9 Å². The van der Waals surface area contributed by atoms with Gasteiger partial charge in [0.05, 0.1) is 10.7 Å². The zero-order valence-electron chi connectivity index (χ0n) is 17.2. The molecule has 2 aromatic carbocycles. The van der Waals surface area contributed by atoms with Crippen LogP contribution in [0.4, 0.5) is 11.4 Å². The number of para-hydroxylation sites is 2. The summed E-state index contributed by atoms with van der Waals surface area (Å²) in [5, 5.41) is 23.1. The van der Waals surface area contributed by atoms with E-state index in [2.05, 4.69) is 22.1 Å². The summed E-state index contributed by atoms with van der Waals surface area (Å²) in [5.74, 6) is 0.822. The molecular weight excluding hydrogens is 454 g/mol. The highest BCUT2D eigenvalue weighted by Crippen LogP contribution is 2.25. The highest BCUT2D eigenvalue weighted by Gasteiger charge is 2.17. The zero-order valence-corrected chi connectivity index (χ0v) is 18.7. The number of hydrogen-bond acceptors (Lipinski definition) is 7. The molecule has 166 valence electrons. The van der Waals surface area contributed by atoms with Crippen LogP contribution in [0.5, 0.6) is 5.75 Å². The summed E-state index contributed by atoms with van der Waals surface area (Å²) < 4.78 is 7.59. The molecule has 0 atom stereocenters. The first-order valence-electron chi connectivity index (χ1n) is 9.47.